The molecule has 1 fully saturated rings. The minimum atomic E-state index is -1.06. The standard InChI is InChI=1S/C27H28F2N6O2.ClH/c1-3-16-13-17(6-7-19(16)27(36)33-14-18-5-4-10-30-18)34-25-26-32-15-21(35(26)12-11-31-25)20-8-9-22(37-2)24(29)23(20)28;/h6-9,11-13,15,18,30H,3-5,10,14H2,1-2H3,(H,31,34)(H,33,36);1H. The fraction of sp³-hybridized carbons (Fsp3) is 0.296. The summed E-state index contributed by atoms with van der Waals surface area (Å²) < 4.78 is 35.6. The van der Waals surface area contributed by atoms with E-state index in [0.717, 1.165) is 30.6 Å². The Kier molecular flexibility index (Phi) is 8.43. The summed E-state index contributed by atoms with van der Waals surface area (Å²) in [7, 11) is 1.28. The average Bonchev–Trinajstić information content (AvgIpc) is 3.59. The quantitative estimate of drug-likeness (QED) is 0.293. The van der Waals surface area contributed by atoms with Crippen molar-refractivity contribution in [1.82, 2.24) is 25.0 Å². The molecule has 0 radical (unpaired) electrons. The molecular weight excluding hydrogens is 514 g/mol. The van der Waals surface area contributed by atoms with Gasteiger partial charge in [0.1, 0.15) is 0 Å². The Morgan fingerprint density at radius 2 is 2.05 bits per heavy atom. The Morgan fingerprint density at radius 3 is 2.79 bits per heavy atom. The van der Waals surface area contributed by atoms with Gasteiger partial charge in [-0.1, -0.05) is 6.92 Å². The van der Waals surface area contributed by atoms with Gasteiger partial charge in [0, 0.05) is 41.8 Å². The van der Waals surface area contributed by atoms with Gasteiger partial charge >= 0.3 is 0 Å². The number of amides is 1. The maximum atomic E-state index is 14.8. The summed E-state index contributed by atoms with van der Waals surface area (Å²) in [6.45, 7) is 3.59. The van der Waals surface area contributed by atoms with Crippen molar-refractivity contribution >= 4 is 35.5 Å². The van der Waals surface area contributed by atoms with E-state index >= 15 is 0 Å². The molecule has 1 unspecified atom stereocenters. The van der Waals surface area contributed by atoms with Gasteiger partial charge in [-0.2, -0.15) is 4.39 Å². The topological polar surface area (TPSA) is 92.6 Å². The fourth-order valence-corrected chi connectivity index (χ4v) is 4.66. The van der Waals surface area contributed by atoms with E-state index in [9.17, 15) is 13.6 Å². The number of methoxy groups -OCH3 is 1. The lowest BCUT2D eigenvalue weighted by molar-refractivity contribution is 0.0949. The number of imidazole rings is 1. The molecular formula is C27H29ClF2N6O2. The first-order chi connectivity index (χ1) is 18.0. The van der Waals surface area contributed by atoms with Crippen molar-refractivity contribution in [2.45, 2.75) is 32.2 Å². The highest BCUT2D eigenvalue weighted by atomic mass is 35.5. The molecule has 4 aromatic rings. The molecule has 1 atom stereocenters. The van der Waals surface area contributed by atoms with Crippen molar-refractivity contribution in [3.05, 3.63) is 71.7 Å². The monoisotopic (exact) mass is 542 g/mol. The largest absolute Gasteiger partial charge is 0.494 e. The average molecular weight is 543 g/mol. The van der Waals surface area contributed by atoms with Gasteiger partial charge < -0.3 is 20.7 Å². The van der Waals surface area contributed by atoms with Gasteiger partial charge in [0.25, 0.3) is 5.91 Å². The second kappa shape index (κ2) is 11.7. The molecule has 3 heterocycles. The second-order valence-electron chi connectivity index (χ2n) is 8.91. The highest BCUT2D eigenvalue weighted by molar-refractivity contribution is 5.96. The maximum absolute atomic E-state index is 14.8. The van der Waals surface area contributed by atoms with Crippen molar-refractivity contribution in [3.63, 3.8) is 0 Å². The van der Waals surface area contributed by atoms with Crippen molar-refractivity contribution in [2.75, 3.05) is 25.5 Å². The summed E-state index contributed by atoms with van der Waals surface area (Å²) >= 11 is 0. The fourth-order valence-electron chi connectivity index (χ4n) is 4.66. The van der Waals surface area contributed by atoms with Gasteiger partial charge in [0.15, 0.2) is 23.0 Å². The number of nitrogens with one attached hydrogen (secondary N) is 3. The molecule has 200 valence electrons. The molecule has 2 aromatic carbocycles. The molecule has 1 aliphatic heterocycles. The van der Waals surface area contributed by atoms with Crippen LogP contribution in [0.2, 0.25) is 0 Å². The first-order valence-electron chi connectivity index (χ1n) is 12.3. The molecule has 1 amide bonds. The number of halogens is 3. The molecule has 11 heteroatoms. The van der Waals surface area contributed by atoms with Crippen LogP contribution < -0.4 is 20.7 Å². The van der Waals surface area contributed by atoms with Crippen molar-refractivity contribution in [1.29, 1.82) is 0 Å². The van der Waals surface area contributed by atoms with E-state index in [1.165, 1.54) is 25.4 Å². The van der Waals surface area contributed by atoms with Crippen LogP contribution in [0.4, 0.5) is 20.3 Å². The molecule has 2 aromatic heterocycles. The lowest BCUT2D eigenvalue weighted by Gasteiger charge is -2.15. The summed E-state index contributed by atoms with van der Waals surface area (Å²) in [4.78, 5) is 21.6. The number of hydrogen-bond donors (Lipinski definition) is 3. The van der Waals surface area contributed by atoms with E-state index in [0.29, 0.717) is 41.7 Å². The van der Waals surface area contributed by atoms with E-state index in [2.05, 4.69) is 25.9 Å². The molecule has 0 saturated carbocycles. The first kappa shape index (κ1) is 27.3. The molecule has 0 bridgehead atoms. The Morgan fingerprint density at radius 1 is 1.21 bits per heavy atom. The highest BCUT2D eigenvalue weighted by Gasteiger charge is 2.20. The van der Waals surface area contributed by atoms with E-state index < -0.39 is 11.6 Å². The number of carbonyl (C=O) groups excluding carboxylic acids is 1. The number of rotatable bonds is 8. The Balaban J connectivity index is 0.00000336. The smallest absolute Gasteiger partial charge is 0.251 e. The second-order valence-corrected chi connectivity index (χ2v) is 8.91. The Bertz CT molecular complexity index is 1460. The van der Waals surface area contributed by atoms with Gasteiger partial charge in [0.2, 0.25) is 5.82 Å². The minimum Gasteiger partial charge on any atom is -0.494 e. The van der Waals surface area contributed by atoms with Crippen LogP contribution in [0.3, 0.4) is 0 Å². The molecule has 1 saturated heterocycles. The number of benzene rings is 2. The number of anilines is 2. The highest BCUT2D eigenvalue weighted by Crippen LogP contribution is 2.31. The predicted octanol–water partition coefficient (Wildman–Crippen LogP) is 4.89. The molecule has 38 heavy (non-hydrogen) atoms. The van der Waals surface area contributed by atoms with Crippen LogP contribution in [0.15, 0.2) is 48.9 Å². The zero-order valence-electron chi connectivity index (χ0n) is 21.1. The van der Waals surface area contributed by atoms with Gasteiger partial charge in [-0.3, -0.25) is 9.20 Å². The molecule has 1 aliphatic rings. The summed E-state index contributed by atoms with van der Waals surface area (Å²) in [6, 6.07) is 8.68. The molecule has 3 N–H and O–H groups in total. The van der Waals surface area contributed by atoms with Crippen LogP contribution in [0.5, 0.6) is 5.75 Å². The van der Waals surface area contributed by atoms with Crippen molar-refractivity contribution < 1.29 is 18.3 Å². The summed E-state index contributed by atoms with van der Waals surface area (Å²) in [6.07, 6.45) is 7.53. The molecule has 0 spiro atoms. The predicted molar refractivity (Wildman–Crippen MR) is 145 cm³/mol. The van der Waals surface area contributed by atoms with Crippen molar-refractivity contribution in [2.24, 2.45) is 0 Å². The number of hydrogen-bond acceptors (Lipinski definition) is 6. The van der Waals surface area contributed by atoms with E-state index in [-0.39, 0.29) is 29.6 Å². The van der Waals surface area contributed by atoms with Gasteiger partial charge in [0.05, 0.1) is 19.0 Å². The molecule has 5 rings (SSSR count). The zero-order chi connectivity index (χ0) is 25.9. The van der Waals surface area contributed by atoms with Crippen LogP contribution in [-0.2, 0) is 6.42 Å². The van der Waals surface area contributed by atoms with Gasteiger partial charge in [-0.25, -0.2) is 14.4 Å². The summed E-state index contributed by atoms with van der Waals surface area (Å²) in [5.74, 6) is -1.90. The molecule has 0 aliphatic carbocycles. The number of ether oxygens (including phenoxy) is 1. The van der Waals surface area contributed by atoms with Crippen LogP contribution >= 0.6 is 12.4 Å². The number of aromatic nitrogens is 3. The SMILES string of the molecule is CCc1cc(Nc2nccn3c(-c4ccc(OC)c(F)c4F)cnc23)ccc1C(=O)NCC1CCCN1.Cl. The van der Waals surface area contributed by atoms with E-state index in [4.69, 9.17) is 4.74 Å². The number of carbonyl (C=O) groups is 1. The van der Waals surface area contributed by atoms with E-state index in [1.807, 2.05) is 19.1 Å². The third kappa shape index (κ3) is 5.27. The summed E-state index contributed by atoms with van der Waals surface area (Å²) in [5.41, 5.74) is 3.14. The lowest BCUT2D eigenvalue weighted by Crippen LogP contribution is -2.37. The number of nitrogens with zero attached hydrogens (tertiary/aromatic N) is 3. The van der Waals surface area contributed by atoms with Gasteiger partial charge in [-0.05, 0) is 61.7 Å². The first-order valence-corrected chi connectivity index (χ1v) is 12.3. The Labute approximate surface area is 225 Å². The lowest BCUT2D eigenvalue weighted by atomic mass is 10.0. The van der Waals surface area contributed by atoms with Crippen LogP contribution in [0, 0.1) is 11.6 Å². The van der Waals surface area contributed by atoms with Gasteiger partial charge in [-0.15, -0.1) is 12.4 Å². The van der Waals surface area contributed by atoms with Crippen molar-refractivity contribution in [3.8, 4) is 17.0 Å². The van der Waals surface area contributed by atoms with E-state index in [1.54, 1.807) is 22.9 Å². The van der Waals surface area contributed by atoms with Crippen LogP contribution in [0.1, 0.15) is 35.7 Å². The number of fused-ring (bicyclic) bond motifs is 1. The number of aryl methyl sites for hydroxylation is 1. The van der Waals surface area contributed by atoms with Crippen LogP contribution in [-0.4, -0.2) is 46.5 Å². The Hall–Kier alpha value is -3.76. The normalized spacial score (nSPS) is 14.8. The zero-order valence-corrected chi connectivity index (χ0v) is 21.9. The van der Waals surface area contributed by atoms with Crippen LogP contribution in [0.25, 0.3) is 16.9 Å². The molecule has 8 nitrogen and oxygen atoms in total. The minimum absolute atomic E-state index is 0. The summed E-state index contributed by atoms with van der Waals surface area (Å²) in [5, 5.41) is 9.66. The third-order valence-corrected chi connectivity index (χ3v) is 6.64. The maximum Gasteiger partial charge on any atom is 0.251 e. The third-order valence-electron chi connectivity index (χ3n) is 6.64.